The van der Waals surface area contributed by atoms with Crippen LogP contribution in [-0.2, 0) is 14.4 Å². The van der Waals surface area contributed by atoms with E-state index < -0.39 is 12.0 Å². The zero-order chi connectivity index (χ0) is 15.1. The Morgan fingerprint density at radius 3 is 2.86 bits per heavy atom. The molecule has 3 N–H and O–H groups in total. The first-order chi connectivity index (χ1) is 10.0. The van der Waals surface area contributed by atoms with Crippen molar-refractivity contribution in [2.24, 2.45) is 5.73 Å². The van der Waals surface area contributed by atoms with Crippen molar-refractivity contribution in [3.8, 4) is 0 Å². The van der Waals surface area contributed by atoms with E-state index in [4.69, 9.17) is 5.73 Å². The number of carboxylic acid groups (broad SMARTS) is 1. The lowest BCUT2D eigenvalue weighted by Gasteiger charge is -2.48. The van der Waals surface area contributed by atoms with Crippen molar-refractivity contribution in [2.75, 3.05) is 17.3 Å². The highest BCUT2D eigenvalue weighted by atomic mass is 32.2. The van der Waals surface area contributed by atoms with Crippen LogP contribution in [0.15, 0.2) is 11.3 Å². The first-order valence-electron chi connectivity index (χ1n) is 6.44. The van der Waals surface area contributed by atoms with Crippen molar-refractivity contribution in [3.63, 3.8) is 0 Å². The van der Waals surface area contributed by atoms with Gasteiger partial charge in [-0.05, 0) is 12.0 Å². The van der Waals surface area contributed by atoms with Crippen molar-refractivity contribution in [3.05, 3.63) is 11.3 Å². The third kappa shape index (κ3) is 2.60. The SMILES string of the molecule is N[C@@H]1C(=O)N2C(C(=O)O)=C(CSC3CCSC3=O)CS[C@H]12. The molecule has 114 valence electrons. The summed E-state index contributed by atoms with van der Waals surface area (Å²) in [6.45, 7) is 0. The monoisotopic (exact) mass is 346 g/mol. The molecule has 3 aliphatic heterocycles. The number of rotatable bonds is 4. The predicted octanol–water partition coefficient (Wildman–Crippen LogP) is 0.333. The minimum atomic E-state index is -1.09. The zero-order valence-electron chi connectivity index (χ0n) is 11.0. The smallest absolute Gasteiger partial charge is 0.352 e. The average Bonchev–Trinajstić information content (AvgIpc) is 2.88. The van der Waals surface area contributed by atoms with Gasteiger partial charge in [0.25, 0.3) is 0 Å². The van der Waals surface area contributed by atoms with Gasteiger partial charge in [0.05, 0.1) is 5.25 Å². The molecule has 3 atom stereocenters. The predicted molar refractivity (Wildman–Crippen MR) is 84.1 cm³/mol. The van der Waals surface area contributed by atoms with Gasteiger partial charge in [-0.2, -0.15) is 0 Å². The Labute approximate surface area is 134 Å². The molecule has 1 amide bonds. The molecule has 1 unspecified atom stereocenters. The van der Waals surface area contributed by atoms with Crippen LogP contribution in [0.4, 0.5) is 0 Å². The summed E-state index contributed by atoms with van der Waals surface area (Å²) in [5.74, 6) is 0.419. The third-order valence-corrected chi connectivity index (χ3v) is 7.52. The maximum atomic E-state index is 11.8. The number of carbonyl (C=O) groups excluding carboxylic acids is 2. The van der Waals surface area contributed by atoms with Crippen LogP contribution in [0.3, 0.4) is 0 Å². The van der Waals surface area contributed by atoms with Crippen molar-refractivity contribution >= 4 is 52.3 Å². The van der Waals surface area contributed by atoms with E-state index >= 15 is 0 Å². The van der Waals surface area contributed by atoms with E-state index in [0.717, 1.165) is 12.2 Å². The summed E-state index contributed by atoms with van der Waals surface area (Å²) in [6.07, 6.45) is 0.827. The number of carbonyl (C=O) groups is 3. The number of β-lactam (4-membered cyclic amide) rings is 1. The van der Waals surface area contributed by atoms with Crippen LogP contribution < -0.4 is 5.73 Å². The lowest BCUT2D eigenvalue weighted by atomic mass is 10.0. The van der Waals surface area contributed by atoms with Gasteiger partial charge in [-0.15, -0.1) is 23.5 Å². The average molecular weight is 346 g/mol. The number of fused-ring (bicyclic) bond motifs is 1. The van der Waals surface area contributed by atoms with Gasteiger partial charge in [-0.1, -0.05) is 11.8 Å². The second-order valence-electron chi connectivity index (χ2n) is 4.95. The molecule has 6 nitrogen and oxygen atoms in total. The van der Waals surface area contributed by atoms with Gasteiger partial charge in [0.15, 0.2) is 0 Å². The second-order valence-corrected chi connectivity index (χ2v) is 8.34. The molecule has 0 radical (unpaired) electrons. The topological polar surface area (TPSA) is 101 Å². The van der Waals surface area contributed by atoms with Crippen molar-refractivity contribution in [1.82, 2.24) is 4.90 Å². The normalized spacial score (nSPS) is 32.2. The van der Waals surface area contributed by atoms with Crippen molar-refractivity contribution < 1.29 is 19.5 Å². The summed E-state index contributed by atoms with van der Waals surface area (Å²) < 4.78 is 0. The molecule has 3 aliphatic rings. The number of carboxylic acids is 1. The van der Waals surface area contributed by atoms with Crippen LogP contribution in [0.5, 0.6) is 0 Å². The first-order valence-corrected chi connectivity index (χ1v) is 9.53. The number of hydrogen-bond donors (Lipinski definition) is 2. The van der Waals surface area contributed by atoms with Crippen LogP contribution in [0.1, 0.15) is 6.42 Å². The molecule has 0 spiro atoms. The summed E-state index contributed by atoms with van der Waals surface area (Å²) in [4.78, 5) is 36.2. The number of nitrogens with zero attached hydrogens (tertiary/aromatic N) is 1. The van der Waals surface area contributed by atoms with E-state index in [9.17, 15) is 19.5 Å². The van der Waals surface area contributed by atoms with Gasteiger partial charge in [-0.3, -0.25) is 14.5 Å². The summed E-state index contributed by atoms with van der Waals surface area (Å²) in [5, 5.41) is 9.24. The Balaban J connectivity index is 1.76. The highest BCUT2D eigenvalue weighted by Crippen LogP contribution is 2.41. The fourth-order valence-corrected chi connectivity index (χ4v) is 6.42. The largest absolute Gasteiger partial charge is 0.477 e. The van der Waals surface area contributed by atoms with E-state index in [2.05, 4.69) is 0 Å². The number of aliphatic carboxylic acids is 1. The first kappa shape index (κ1) is 15.3. The molecule has 3 rings (SSSR count). The lowest BCUT2D eigenvalue weighted by molar-refractivity contribution is -0.147. The molecule has 0 saturated carbocycles. The second kappa shape index (κ2) is 5.86. The molecule has 0 aliphatic carbocycles. The van der Waals surface area contributed by atoms with E-state index in [0.29, 0.717) is 17.1 Å². The molecule has 3 heterocycles. The molecular weight excluding hydrogens is 332 g/mol. The molecular formula is C12H14N2O4S3. The molecule has 21 heavy (non-hydrogen) atoms. The Bertz CT molecular complexity index is 551. The van der Waals surface area contributed by atoms with Gasteiger partial charge >= 0.3 is 5.97 Å². The third-order valence-electron chi connectivity index (χ3n) is 3.64. The number of amides is 1. The van der Waals surface area contributed by atoms with Crippen molar-refractivity contribution in [1.29, 1.82) is 0 Å². The van der Waals surface area contributed by atoms with E-state index in [1.54, 1.807) is 0 Å². The summed E-state index contributed by atoms with van der Waals surface area (Å²) in [7, 11) is 0. The zero-order valence-corrected chi connectivity index (χ0v) is 13.4. The number of hydrogen-bond acceptors (Lipinski definition) is 7. The highest BCUT2D eigenvalue weighted by molar-refractivity contribution is 8.16. The maximum absolute atomic E-state index is 11.8. The van der Waals surface area contributed by atoms with E-state index in [1.165, 1.54) is 40.2 Å². The Morgan fingerprint density at radius 1 is 1.48 bits per heavy atom. The number of nitrogens with two attached hydrogens (primary N) is 1. The van der Waals surface area contributed by atoms with E-state index in [-0.39, 0.29) is 27.3 Å². The van der Waals surface area contributed by atoms with Gasteiger partial charge in [0.1, 0.15) is 17.1 Å². The van der Waals surface area contributed by atoms with Crippen LogP contribution in [0, 0.1) is 0 Å². The van der Waals surface area contributed by atoms with Gasteiger partial charge in [0, 0.05) is 17.3 Å². The minimum Gasteiger partial charge on any atom is -0.477 e. The summed E-state index contributed by atoms with van der Waals surface area (Å²) in [5.41, 5.74) is 6.47. The van der Waals surface area contributed by atoms with Crippen molar-refractivity contribution in [2.45, 2.75) is 23.1 Å². The van der Waals surface area contributed by atoms with Gasteiger partial charge in [0.2, 0.25) is 11.0 Å². The molecule has 0 aromatic rings. The van der Waals surface area contributed by atoms with E-state index in [1.807, 2.05) is 0 Å². The maximum Gasteiger partial charge on any atom is 0.352 e. The molecule has 2 fully saturated rings. The molecule has 9 heteroatoms. The quantitative estimate of drug-likeness (QED) is 0.703. The van der Waals surface area contributed by atoms with Gasteiger partial charge in [-0.25, -0.2) is 4.79 Å². The van der Waals surface area contributed by atoms with Crippen LogP contribution in [0.25, 0.3) is 0 Å². The van der Waals surface area contributed by atoms with Crippen LogP contribution in [-0.4, -0.2) is 60.9 Å². The fourth-order valence-electron chi connectivity index (χ4n) is 2.52. The summed E-state index contributed by atoms with van der Waals surface area (Å²) >= 11 is 4.30. The highest BCUT2D eigenvalue weighted by Gasteiger charge is 2.51. The number of thioether (sulfide) groups is 3. The van der Waals surface area contributed by atoms with Gasteiger partial charge < -0.3 is 10.8 Å². The Morgan fingerprint density at radius 2 is 2.24 bits per heavy atom. The fraction of sp³-hybridized carbons (Fsp3) is 0.583. The Kier molecular flexibility index (Phi) is 4.26. The lowest BCUT2D eigenvalue weighted by Crippen LogP contribution is -2.68. The Hall–Kier alpha value is -0.640. The summed E-state index contributed by atoms with van der Waals surface area (Å²) in [6, 6.07) is -0.605. The van der Waals surface area contributed by atoms with Crippen LogP contribution >= 0.6 is 35.3 Å². The van der Waals surface area contributed by atoms with Crippen LogP contribution in [0.2, 0.25) is 0 Å². The molecule has 0 bridgehead atoms. The molecule has 0 aromatic carbocycles. The minimum absolute atomic E-state index is 0.0605. The molecule has 0 aromatic heterocycles. The standard InChI is InChI=1S/C12H14N2O4S3/c13-7-9(15)14-8(11(16)17)5(4-21-10(7)14)3-20-6-1-2-19-12(6)18/h6-7,10H,1-4,13H2,(H,16,17)/t6?,7-,10-/m1/s1. The molecule has 2 saturated heterocycles.